The van der Waals surface area contributed by atoms with Gasteiger partial charge < -0.3 is 15.6 Å². The highest BCUT2D eigenvalue weighted by Crippen LogP contribution is 2.60. The van der Waals surface area contributed by atoms with Crippen molar-refractivity contribution in [1.82, 2.24) is 5.32 Å². The largest absolute Gasteiger partial charge is 0.755 e. The molecule has 3 atom stereocenters. The molecular formula is C23H29BrN3O4S-. The monoisotopic (exact) mass is 522 g/mol. The van der Waals surface area contributed by atoms with E-state index >= 15 is 0 Å². The minimum absolute atomic E-state index is 0.0230. The van der Waals surface area contributed by atoms with Gasteiger partial charge in [-0.2, -0.15) is 0 Å². The lowest BCUT2D eigenvalue weighted by atomic mass is 9.47. The van der Waals surface area contributed by atoms with Crippen LogP contribution < -0.4 is 15.4 Å². The van der Waals surface area contributed by atoms with Crippen LogP contribution in [0.25, 0.3) is 0 Å². The third kappa shape index (κ3) is 3.42. The van der Waals surface area contributed by atoms with Gasteiger partial charge in [0.2, 0.25) is 11.8 Å². The molecule has 1 aromatic rings. The maximum Gasteiger partial charge on any atom is 0.247 e. The van der Waals surface area contributed by atoms with Crippen LogP contribution in [0.4, 0.5) is 5.69 Å². The summed E-state index contributed by atoms with van der Waals surface area (Å²) in [5, 5.41) is 3.30. The number of anilines is 1. The van der Waals surface area contributed by atoms with Crippen molar-refractivity contribution in [2.45, 2.75) is 69.4 Å². The average molecular weight is 523 g/mol. The summed E-state index contributed by atoms with van der Waals surface area (Å²) in [5.41, 5.74) is 4.74. The first-order valence-corrected chi connectivity index (χ1v) is 13.3. The van der Waals surface area contributed by atoms with Crippen molar-refractivity contribution in [2.75, 3.05) is 4.31 Å². The molecule has 1 aromatic carbocycles. The Morgan fingerprint density at radius 1 is 1.12 bits per heavy atom. The molecule has 9 heteroatoms. The van der Waals surface area contributed by atoms with Crippen LogP contribution in [-0.2, 0) is 20.9 Å². The van der Waals surface area contributed by atoms with Crippen molar-refractivity contribution in [3.8, 4) is 0 Å². The summed E-state index contributed by atoms with van der Waals surface area (Å²) in [6.45, 7) is 0. The van der Waals surface area contributed by atoms with E-state index in [0.29, 0.717) is 28.9 Å². The summed E-state index contributed by atoms with van der Waals surface area (Å²) in [7, 11) is 0. The standard InChI is InChI=1S/C23H30BrN3O4S/c24-17-5-1-2-6-18(17)27(32(30)31)23(7-3-4-8-23)21(29)26-19-15-9-14-10-16(19)13-22(11-14,12-15)20(25)28/h1-2,5-6,14-16,19H,3-4,7-13H2,(H2,25,28)(H,26,29)(H,30,31)/p-1. The number of benzene rings is 1. The second kappa shape index (κ2) is 8.09. The Balaban J connectivity index is 1.44. The first-order chi connectivity index (χ1) is 15.3. The van der Waals surface area contributed by atoms with Crippen molar-refractivity contribution in [3.05, 3.63) is 28.7 Å². The molecule has 5 saturated carbocycles. The highest BCUT2D eigenvalue weighted by molar-refractivity contribution is 9.10. The molecule has 4 bridgehead atoms. The molecule has 2 amide bonds. The fourth-order valence-electron chi connectivity index (χ4n) is 7.40. The van der Waals surface area contributed by atoms with Gasteiger partial charge in [-0.15, -0.1) is 0 Å². The van der Waals surface area contributed by atoms with Crippen LogP contribution in [0.3, 0.4) is 0 Å². The molecule has 174 valence electrons. The Labute approximate surface area is 199 Å². The Morgan fingerprint density at radius 2 is 1.75 bits per heavy atom. The van der Waals surface area contributed by atoms with Gasteiger partial charge in [0.25, 0.3) is 0 Å². The number of halogens is 1. The van der Waals surface area contributed by atoms with Crippen molar-refractivity contribution in [1.29, 1.82) is 0 Å². The number of carbonyl (C=O) groups excluding carboxylic acids is 2. The van der Waals surface area contributed by atoms with Crippen LogP contribution >= 0.6 is 15.9 Å². The molecule has 5 aliphatic carbocycles. The molecule has 32 heavy (non-hydrogen) atoms. The van der Waals surface area contributed by atoms with Gasteiger partial charge in [-0.05, 0) is 90.8 Å². The first-order valence-electron chi connectivity index (χ1n) is 11.5. The predicted molar refractivity (Wildman–Crippen MR) is 124 cm³/mol. The zero-order valence-electron chi connectivity index (χ0n) is 17.9. The summed E-state index contributed by atoms with van der Waals surface area (Å²) >= 11 is 0.857. The Bertz CT molecular complexity index is 950. The average Bonchev–Trinajstić information content (AvgIpc) is 3.22. The van der Waals surface area contributed by atoms with Gasteiger partial charge in [-0.3, -0.25) is 18.1 Å². The quantitative estimate of drug-likeness (QED) is 0.558. The van der Waals surface area contributed by atoms with Crippen molar-refractivity contribution < 1.29 is 18.4 Å². The van der Waals surface area contributed by atoms with Crippen LogP contribution in [0.15, 0.2) is 28.7 Å². The number of amides is 2. The highest BCUT2D eigenvalue weighted by atomic mass is 79.9. The molecule has 0 radical (unpaired) electrons. The van der Waals surface area contributed by atoms with E-state index in [2.05, 4.69) is 21.2 Å². The van der Waals surface area contributed by atoms with Crippen LogP contribution in [-0.4, -0.2) is 32.2 Å². The third-order valence-corrected chi connectivity index (χ3v) is 10.1. The van der Waals surface area contributed by atoms with E-state index < -0.39 is 22.2 Å². The number of hydrogen-bond donors (Lipinski definition) is 2. The lowest BCUT2D eigenvalue weighted by molar-refractivity contribution is -0.148. The van der Waals surface area contributed by atoms with Gasteiger partial charge in [0, 0.05) is 27.2 Å². The number of hydrogen-bond acceptors (Lipinski definition) is 4. The first kappa shape index (κ1) is 22.3. The molecule has 3 N–H and O–H groups in total. The zero-order chi connectivity index (χ0) is 22.7. The topological polar surface area (TPSA) is 116 Å². The van der Waals surface area contributed by atoms with Crippen LogP contribution in [0.5, 0.6) is 0 Å². The van der Waals surface area contributed by atoms with E-state index in [1.165, 1.54) is 4.31 Å². The van der Waals surface area contributed by atoms with E-state index in [0.717, 1.165) is 44.9 Å². The van der Waals surface area contributed by atoms with E-state index in [-0.39, 0.29) is 29.7 Å². The number of nitrogens with two attached hydrogens (primary N) is 1. The van der Waals surface area contributed by atoms with Crippen LogP contribution in [0.2, 0.25) is 0 Å². The normalized spacial score (nSPS) is 35.4. The van der Waals surface area contributed by atoms with Crippen molar-refractivity contribution in [2.24, 2.45) is 28.9 Å². The van der Waals surface area contributed by atoms with Crippen molar-refractivity contribution in [3.63, 3.8) is 0 Å². The minimum Gasteiger partial charge on any atom is -0.755 e. The fourth-order valence-corrected chi connectivity index (χ4v) is 8.85. The maximum atomic E-state index is 13.9. The molecule has 0 heterocycles. The van der Waals surface area contributed by atoms with E-state index in [4.69, 9.17) is 5.73 Å². The molecule has 0 saturated heterocycles. The van der Waals surface area contributed by atoms with E-state index in [1.807, 2.05) is 6.07 Å². The molecular weight excluding hydrogens is 494 g/mol. The summed E-state index contributed by atoms with van der Waals surface area (Å²) in [5.74, 6) is 0.549. The predicted octanol–water partition coefficient (Wildman–Crippen LogP) is 3.16. The summed E-state index contributed by atoms with van der Waals surface area (Å²) < 4.78 is 26.9. The zero-order valence-corrected chi connectivity index (χ0v) is 20.3. The molecule has 7 nitrogen and oxygen atoms in total. The van der Waals surface area contributed by atoms with Crippen LogP contribution in [0.1, 0.15) is 57.8 Å². The maximum absolute atomic E-state index is 13.9. The summed E-state index contributed by atoms with van der Waals surface area (Å²) in [6, 6.07) is 7.10. The summed E-state index contributed by atoms with van der Waals surface area (Å²) in [6.07, 6.45) is 6.93. The second-order valence-corrected chi connectivity index (χ2v) is 12.0. The molecule has 5 fully saturated rings. The van der Waals surface area contributed by atoms with Gasteiger partial charge in [0.1, 0.15) is 5.54 Å². The van der Waals surface area contributed by atoms with Gasteiger partial charge >= 0.3 is 0 Å². The lowest BCUT2D eigenvalue weighted by Crippen LogP contribution is -2.66. The lowest BCUT2D eigenvalue weighted by Gasteiger charge is -2.59. The van der Waals surface area contributed by atoms with Crippen molar-refractivity contribution >= 4 is 44.7 Å². The van der Waals surface area contributed by atoms with Gasteiger partial charge in [0.15, 0.2) is 0 Å². The molecule has 0 spiro atoms. The number of rotatable bonds is 6. The molecule has 0 aliphatic heterocycles. The number of carbonyl (C=O) groups is 2. The minimum atomic E-state index is -2.61. The Morgan fingerprint density at radius 3 is 2.31 bits per heavy atom. The van der Waals surface area contributed by atoms with Gasteiger partial charge in [-0.25, -0.2) is 0 Å². The smallest absolute Gasteiger partial charge is 0.247 e. The molecule has 6 rings (SSSR count). The van der Waals surface area contributed by atoms with E-state index in [9.17, 15) is 18.4 Å². The highest BCUT2D eigenvalue weighted by Gasteiger charge is 2.59. The third-order valence-electron chi connectivity index (χ3n) is 8.56. The molecule has 0 aromatic heterocycles. The molecule has 5 aliphatic rings. The number of nitrogens with zero attached hydrogens (tertiary/aromatic N) is 1. The Hall–Kier alpha value is -1.45. The SMILES string of the molecule is NC(=O)C12CC3CC(C1)C(NC(=O)C1(N(c4ccccc4Br)S(=O)[O-])CCCC1)C(C3)C2. The Kier molecular flexibility index (Phi) is 5.65. The molecule has 3 unspecified atom stereocenters. The number of primary amides is 1. The van der Waals surface area contributed by atoms with Gasteiger partial charge in [-0.1, -0.05) is 25.0 Å². The van der Waals surface area contributed by atoms with Gasteiger partial charge in [0.05, 0.1) is 5.69 Å². The van der Waals surface area contributed by atoms with E-state index in [1.54, 1.807) is 18.2 Å². The number of nitrogens with one attached hydrogen (secondary N) is 1. The number of para-hydroxylation sites is 1. The fraction of sp³-hybridized carbons (Fsp3) is 0.652. The second-order valence-electron chi connectivity index (χ2n) is 10.3. The summed E-state index contributed by atoms with van der Waals surface area (Å²) in [4.78, 5) is 26.1. The van der Waals surface area contributed by atoms with Crippen LogP contribution in [0, 0.1) is 23.2 Å².